The predicted molar refractivity (Wildman–Crippen MR) is 78.3 cm³/mol. The summed E-state index contributed by atoms with van der Waals surface area (Å²) >= 11 is 17.9. The summed E-state index contributed by atoms with van der Waals surface area (Å²) in [7, 11) is 0. The summed E-state index contributed by atoms with van der Waals surface area (Å²) < 4.78 is 0. The van der Waals surface area contributed by atoms with Crippen molar-refractivity contribution < 1.29 is 4.92 Å². The van der Waals surface area contributed by atoms with Gasteiger partial charge in [0.1, 0.15) is 0 Å². The molecule has 0 radical (unpaired) electrons. The lowest BCUT2D eigenvalue weighted by molar-refractivity contribution is -0.384. The largest absolute Gasteiger partial charge is 0.280 e. The van der Waals surface area contributed by atoms with Crippen LogP contribution in [0.4, 0.5) is 5.69 Å². The Morgan fingerprint density at radius 2 is 1.68 bits per heavy atom. The lowest BCUT2D eigenvalue weighted by Gasteiger charge is -2.10. The van der Waals surface area contributed by atoms with Crippen molar-refractivity contribution in [3.05, 3.63) is 61.1 Å². The SMILES string of the molecule is Cc1c(Cl)cc([N+](=O)[O-])c(-c2ccc(Cl)cc2)c1Cl. The molecule has 0 saturated heterocycles. The fraction of sp³-hybridized carbons (Fsp3) is 0.0769. The number of hydrogen-bond donors (Lipinski definition) is 0. The van der Waals surface area contributed by atoms with Crippen LogP contribution in [0.3, 0.4) is 0 Å². The Kier molecular flexibility index (Phi) is 3.99. The number of benzene rings is 2. The molecule has 0 N–H and O–H groups in total. The van der Waals surface area contributed by atoms with Crippen LogP contribution in [-0.4, -0.2) is 4.92 Å². The van der Waals surface area contributed by atoms with E-state index in [9.17, 15) is 10.1 Å². The van der Waals surface area contributed by atoms with E-state index in [-0.39, 0.29) is 15.7 Å². The topological polar surface area (TPSA) is 43.1 Å². The van der Waals surface area contributed by atoms with Gasteiger partial charge in [-0.3, -0.25) is 10.1 Å². The minimum Gasteiger partial charge on any atom is -0.258 e. The Bertz CT molecular complexity index is 654. The van der Waals surface area contributed by atoms with Crippen LogP contribution in [0.2, 0.25) is 15.1 Å². The minimum absolute atomic E-state index is 0.122. The Morgan fingerprint density at radius 1 is 1.11 bits per heavy atom. The van der Waals surface area contributed by atoms with Crippen molar-refractivity contribution in [3.8, 4) is 11.1 Å². The molecule has 0 bridgehead atoms. The predicted octanol–water partition coefficient (Wildman–Crippen LogP) is 5.53. The third kappa shape index (κ3) is 2.68. The number of nitro benzene ring substituents is 1. The standard InChI is InChI=1S/C13H8Cl3NO2/c1-7-10(15)6-11(17(18)19)12(13(7)16)8-2-4-9(14)5-3-8/h2-6H,1H3. The monoisotopic (exact) mass is 315 g/mol. The molecule has 19 heavy (non-hydrogen) atoms. The second kappa shape index (κ2) is 5.37. The molecule has 0 heterocycles. The van der Waals surface area contributed by atoms with Gasteiger partial charge in [-0.05, 0) is 30.2 Å². The van der Waals surface area contributed by atoms with E-state index >= 15 is 0 Å². The maximum Gasteiger partial charge on any atom is 0.280 e. The van der Waals surface area contributed by atoms with Gasteiger partial charge < -0.3 is 0 Å². The Morgan fingerprint density at radius 3 is 2.21 bits per heavy atom. The van der Waals surface area contributed by atoms with E-state index in [1.165, 1.54) is 6.07 Å². The van der Waals surface area contributed by atoms with Gasteiger partial charge in [-0.2, -0.15) is 0 Å². The molecule has 2 aromatic carbocycles. The zero-order valence-corrected chi connectivity index (χ0v) is 12.1. The molecule has 0 fully saturated rings. The lowest BCUT2D eigenvalue weighted by atomic mass is 10.0. The van der Waals surface area contributed by atoms with E-state index in [0.29, 0.717) is 21.7 Å². The number of nitrogens with zero attached hydrogens (tertiary/aromatic N) is 1. The van der Waals surface area contributed by atoms with Gasteiger partial charge in [-0.15, -0.1) is 0 Å². The second-order valence-electron chi connectivity index (χ2n) is 3.96. The molecule has 0 aliphatic heterocycles. The minimum atomic E-state index is -0.499. The van der Waals surface area contributed by atoms with Crippen LogP contribution in [0.25, 0.3) is 11.1 Å². The first kappa shape index (κ1) is 14.1. The van der Waals surface area contributed by atoms with Crippen LogP contribution in [0, 0.1) is 17.0 Å². The molecule has 0 aliphatic rings. The summed E-state index contributed by atoms with van der Waals surface area (Å²) in [5.74, 6) is 0. The van der Waals surface area contributed by atoms with E-state index in [4.69, 9.17) is 34.8 Å². The van der Waals surface area contributed by atoms with Crippen molar-refractivity contribution in [2.75, 3.05) is 0 Å². The number of rotatable bonds is 2. The van der Waals surface area contributed by atoms with Gasteiger partial charge in [0.05, 0.1) is 20.5 Å². The quantitative estimate of drug-likeness (QED) is 0.540. The molecule has 0 amide bonds. The fourth-order valence-corrected chi connectivity index (χ4v) is 2.42. The lowest BCUT2D eigenvalue weighted by Crippen LogP contribution is -1.95. The van der Waals surface area contributed by atoms with E-state index in [1.54, 1.807) is 31.2 Å². The van der Waals surface area contributed by atoms with Crippen LogP contribution in [0.1, 0.15) is 5.56 Å². The third-order valence-electron chi connectivity index (χ3n) is 2.76. The van der Waals surface area contributed by atoms with Crippen molar-refractivity contribution in [2.24, 2.45) is 0 Å². The van der Waals surface area contributed by atoms with E-state index < -0.39 is 4.92 Å². The first-order valence-electron chi connectivity index (χ1n) is 5.30. The number of hydrogen-bond acceptors (Lipinski definition) is 2. The molecule has 0 atom stereocenters. The highest BCUT2D eigenvalue weighted by Crippen LogP contribution is 2.41. The average molecular weight is 317 g/mol. The summed E-state index contributed by atoms with van der Waals surface area (Å²) in [5, 5.41) is 12.2. The average Bonchev–Trinajstić information content (AvgIpc) is 2.37. The van der Waals surface area contributed by atoms with Crippen molar-refractivity contribution in [1.82, 2.24) is 0 Å². The van der Waals surface area contributed by atoms with E-state index in [0.717, 1.165) is 0 Å². The van der Waals surface area contributed by atoms with Crippen molar-refractivity contribution in [2.45, 2.75) is 6.92 Å². The second-order valence-corrected chi connectivity index (χ2v) is 5.18. The van der Waals surface area contributed by atoms with Crippen molar-refractivity contribution in [1.29, 1.82) is 0 Å². The molecule has 0 spiro atoms. The molecule has 0 saturated carbocycles. The summed E-state index contributed by atoms with van der Waals surface area (Å²) in [6.07, 6.45) is 0. The highest BCUT2D eigenvalue weighted by molar-refractivity contribution is 6.38. The zero-order chi connectivity index (χ0) is 14.2. The summed E-state index contributed by atoms with van der Waals surface area (Å²) in [6.45, 7) is 1.72. The molecule has 6 heteroatoms. The van der Waals surface area contributed by atoms with Crippen LogP contribution in [0.15, 0.2) is 30.3 Å². The summed E-state index contributed by atoms with van der Waals surface area (Å²) in [4.78, 5) is 10.6. The van der Waals surface area contributed by atoms with Gasteiger partial charge in [-0.25, -0.2) is 0 Å². The van der Waals surface area contributed by atoms with Crippen molar-refractivity contribution in [3.63, 3.8) is 0 Å². The fourth-order valence-electron chi connectivity index (χ4n) is 1.74. The Balaban J connectivity index is 2.77. The molecule has 0 aliphatic carbocycles. The van der Waals surface area contributed by atoms with E-state index in [1.807, 2.05) is 0 Å². The first-order valence-corrected chi connectivity index (χ1v) is 6.44. The normalized spacial score (nSPS) is 10.5. The Labute approximate surface area is 124 Å². The molecular weight excluding hydrogens is 309 g/mol. The van der Waals surface area contributed by atoms with Crippen LogP contribution < -0.4 is 0 Å². The first-order chi connectivity index (χ1) is 8.91. The van der Waals surface area contributed by atoms with Gasteiger partial charge in [0.15, 0.2) is 0 Å². The molecule has 3 nitrogen and oxygen atoms in total. The maximum atomic E-state index is 11.1. The van der Waals surface area contributed by atoms with Gasteiger partial charge in [0.2, 0.25) is 0 Å². The molecular formula is C13H8Cl3NO2. The van der Waals surface area contributed by atoms with Crippen LogP contribution >= 0.6 is 34.8 Å². The highest BCUT2D eigenvalue weighted by Gasteiger charge is 2.22. The third-order valence-corrected chi connectivity index (χ3v) is 3.87. The van der Waals surface area contributed by atoms with Gasteiger partial charge >= 0.3 is 0 Å². The van der Waals surface area contributed by atoms with E-state index in [2.05, 4.69) is 0 Å². The molecule has 0 unspecified atom stereocenters. The summed E-state index contributed by atoms with van der Waals surface area (Å²) in [5.41, 5.74) is 1.47. The number of nitro groups is 1. The molecule has 0 aromatic heterocycles. The van der Waals surface area contributed by atoms with Gasteiger partial charge in [0, 0.05) is 11.1 Å². The molecule has 2 rings (SSSR count). The zero-order valence-electron chi connectivity index (χ0n) is 9.78. The van der Waals surface area contributed by atoms with Crippen LogP contribution in [0.5, 0.6) is 0 Å². The van der Waals surface area contributed by atoms with Gasteiger partial charge in [0.25, 0.3) is 5.69 Å². The maximum absolute atomic E-state index is 11.1. The smallest absolute Gasteiger partial charge is 0.258 e. The van der Waals surface area contributed by atoms with Crippen LogP contribution in [-0.2, 0) is 0 Å². The Hall–Kier alpha value is -1.29. The van der Waals surface area contributed by atoms with Gasteiger partial charge in [-0.1, -0.05) is 46.9 Å². The van der Waals surface area contributed by atoms with Crippen molar-refractivity contribution >= 4 is 40.5 Å². The number of halogens is 3. The molecule has 2 aromatic rings. The molecule has 98 valence electrons. The summed E-state index contributed by atoms with van der Waals surface area (Å²) in [6, 6.07) is 7.99. The highest BCUT2D eigenvalue weighted by atomic mass is 35.5.